The number of rotatable bonds is 2. The van der Waals surface area contributed by atoms with E-state index in [2.05, 4.69) is 30.8 Å². The highest BCUT2D eigenvalue weighted by molar-refractivity contribution is 9.10. The van der Waals surface area contributed by atoms with Crippen molar-refractivity contribution in [2.75, 3.05) is 25.0 Å². The van der Waals surface area contributed by atoms with Gasteiger partial charge < -0.3 is 9.80 Å². The summed E-state index contributed by atoms with van der Waals surface area (Å²) in [5, 5.41) is 0. The number of hydrogen-bond donors (Lipinski definition) is 0. The van der Waals surface area contributed by atoms with Gasteiger partial charge in [0, 0.05) is 32.6 Å². The van der Waals surface area contributed by atoms with Crippen LogP contribution in [0.15, 0.2) is 10.7 Å². The van der Waals surface area contributed by atoms with Crippen molar-refractivity contribution in [2.45, 2.75) is 32.7 Å². The van der Waals surface area contributed by atoms with Crippen molar-refractivity contribution >= 4 is 27.7 Å². The van der Waals surface area contributed by atoms with Crippen LogP contribution in [0.5, 0.6) is 0 Å². The lowest BCUT2D eigenvalue weighted by molar-refractivity contribution is -0.136. The van der Waals surface area contributed by atoms with E-state index in [0.29, 0.717) is 6.54 Å². The second-order valence-electron chi connectivity index (χ2n) is 5.26. The van der Waals surface area contributed by atoms with E-state index in [1.807, 2.05) is 33.9 Å². The van der Waals surface area contributed by atoms with Gasteiger partial charge in [-0.2, -0.15) is 0 Å². The second kappa shape index (κ2) is 5.07. The fourth-order valence-corrected chi connectivity index (χ4v) is 2.77. The molecule has 0 aromatic carbocycles. The van der Waals surface area contributed by atoms with Gasteiger partial charge in [-0.25, -0.2) is 9.97 Å². The molecular formula is C13H19BrN4O. The quantitative estimate of drug-likeness (QED) is 0.778. The first-order valence-electron chi connectivity index (χ1n) is 6.43. The Bertz CT molecular complexity index is 503. The van der Waals surface area contributed by atoms with Gasteiger partial charge in [0.1, 0.15) is 21.8 Å². The summed E-state index contributed by atoms with van der Waals surface area (Å²) < 4.78 is 0.761. The van der Waals surface area contributed by atoms with Crippen LogP contribution in [0.4, 0.5) is 5.82 Å². The number of aryl methyl sites for hydroxylation is 1. The summed E-state index contributed by atoms with van der Waals surface area (Å²) in [7, 11) is 1.84. The van der Waals surface area contributed by atoms with Crippen molar-refractivity contribution in [3.05, 3.63) is 16.5 Å². The fraction of sp³-hybridized carbons (Fsp3) is 0.615. The van der Waals surface area contributed by atoms with E-state index in [4.69, 9.17) is 0 Å². The highest BCUT2D eigenvalue weighted by Gasteiger charge is 2.41. The van der Waals surface area contributed by atoms with Gasteiger partial charge in [-0.1, -0.05) is 6.92 Å². The molecule has 0 N–H and O–H groups in total. The first kappa shape index (κ1) is 14.2. The Morgan fingerprint density at radius 2 is 2.05 bits per heavy atom. The van der Waals surface area contributed by atoms with Crippen LogP contribution in [0.1, 0.15) is 26.6 Å². The molecule has 1 aromatic heterocycles. The standard InChI is InChI=1S/C13H19BrN4O/c1-5-10-15-9(14)8-11(16-10)18-7-6-17(4)12(19)13(18,2)3/h8H,5-7H2,1-4H3. The molecule has 1 amide bonds. The predicted octanol–water partition coefficient (Wildman–Crippen LogP) is 1.86. The van der Waals surface area contributed by atoms with Crippen molar-refractivity contribution in [3.8, 4) is 0 Å². The summed E-state index contributed by atoms with van der Waals surface area (Å²) in [5.41, 5.74) is -0.578. The minimum atomic E-state index is -0.578. The van der Waals surface area contributed by atoms with Crippen LogP contribution in [0.3, 0.4) is 0 Å². The lowest BCUT2D eigenvalue weighted by Crippen LogP contribution is -2.62. The Morgan fingerprint density at radius 1 is 1.37 bits per heavy atom. The van der Waals surface area contributed by atoms with Crippen molar-refractivity contribution in [1.82, 2.24) is 14.9 Å². The highest BCUT2D eigenvalue weighted by atomic mass is 79.9. The molecular weight excluding hydrogens is 308 g/mol. The summed E-state index contributed by atoms with van der Waals surface area (Å²) in [6.07, 6.45) is 0.772. The van der Waals surface area contributed by atoms with E-state index in [0.717, 1.165) is 29.2 Å². The molecule has 1 aliphatic rings. The molecule has 0 atom stereocenters. The Kier molecular flexibility index (Phi) is 3.80. The molecule has 1 aliphatic heterocycles. The van der Waals surface area contributed by atoms with E-state index < -0.39 is 5.54 Å². The summed E-state index contributed by atoms with van der Waals surface area (Å²) in [6, 6.07) is 1.87. The Morgan fingerprint density at radius 3 is 2.68 bits per heavy atom. The van der Waals surface area contributed by atoms with Gasteiger partial charge in [-0.15, -0.1) is 0 Å². The highest BCUT2D eigenvalue weighted by Crippen LogP contribution is 2.28. The minimum Gasteiger partial charge on any atom is -0.342 e. The number of piperazine rings is 1. The largest absolute Gasteiger partial charge is 0.342 e. The maximum absolute atomic E-state index is 12.3. The maximum Gasteiger partial charge on any atom is 0.247 e. The molecule has 0 spiro atoms. The molecule has 6 heteroatoms. The predicted molar refractivity (Wildman–Crippen MR) is 78.2 cm³/mol. The third kappa shape index (κ3) is 2.59. The minimum absolute atomic E-state index is 0.117. The van der Waals surface area contributed by atoms with Crippen LogP contribution in [-0.2, 0) is 11.2 Å². The number of nitrogens with zero attached hydrogens (tertiary/aromatic N) is 4. The lowest BCUT2D eigenvalue weighted by Gasteiger charge is -2.45. The average Bonchev–Trinajstić information content (AvgIpc) is 2.35. The molecule has 2 heterocycles. The fourth-order valence-electron chi connectivity index (χ4n) is 2.36. The second-order valence-corrected chi connectivity index (χ2v) is 6.07. The number of aromatic nitrogens is 2. The van der Waals surface area contributed by atoms with Crippen LogP contribution < -0.4 is 4.90 Å². The molecule has 5 nitrogen and oxygen atoms in total. The van der Waals surface area contributed by atoms with Gasteiger partial charge in [-0.3, -0.25) is 4.79 Å². The van der Waals surface area contributed by atoms with Gasteiger partial charge in [0.25, 0.3) is 0 Å². The molecule has 1 saturated heterocycles. The smallest absolute Gasteiger partial charge is 0.247 e. The molecule has 0 unspecified atom stereocenters. The maximum atomic E-state index is 12.3. The Balaban J connectivity index is 2.41. The lowest BCUT2D eigenvalue weighted by atomic mass is 9.98. The summed E-state index contributed by atoms with van der Waals surface area (Å²) in [6.45, 7) is 7.39. The average molecular weight is 327 g/mol. The number of carbonyl (C=O) groups is 1. The zero-order valence-corrected chi connectivity index (χ0v) is 13.4. The van der Waals surface area contributed by atoms with Gasteiger partial charge in [-0.05, 0) is 29.8 Å². The first-order chi connectivity index (χ1) is 8.86. The first-order valence-corrected chi connectivity index (χ1v) is 7.22. The van der Waals surface area contributed by atoms with Crippen molar-refractivity contribution < 1.29 is 4.79 Å². The molecule has 0 radical (unpaired) electrons. The van der Waals surface area contributed by atoms with Crippen LogP contribution in [-0.4, -0.2) is 46.5 Å². The third-order valence-corrected chi connectivity index (χ3v) is 3.93. The van der Waals surface area contributed by atoms with Crippen molar-refractivity contribution in [3.63, 3.8) is 0 Å². The number of likely N-dealkylation sites (N-methyl/N-ethyl adjacent to an activating group) is 1. The molecule has 104 valence electrons. The van der Waals surface area contributed by atoms with Gasteiger partial charge in [0.15, 0.2) is 0 Å². The third-order valence-electron chi connectivity index (χ3n) is 3.52. The number of halogens is 1. The monoisotopic (exact) mass is 326 g/mol. The van der Waals surface area contributed by atoms with E-state index in [9.17, 15) is 4.79 Å². The molecule has 0 aliphatic carbocycles. The Hall–Kier alpha value is -1.17. The number of amides is 1. The zero-order valence-electron chi connectivity index (χ0n) is 11.8. The van der Waals surface area contributed by atoms with E-state index in [-0.39, 0.29) is 5.91 Å². The van der Waals surface area contributed by atoms with E-state index in [1.54, 1.807) is 4.90 Å². The van der Waals surface area contributed by atoms with Crippen molar-refractivity contribution in [1.29, 1.82) is 0 Å². The van der Waals surface area contributed by atoms with Gasteiger partial charge in [0.2, 0.25) is 5.91 Å². The molecule has 1 aromatic rings. The van der Waals surface area contributed by atoms with Crippen LogP contribution >= 0.6 is 15.9 Å². The van der Waals surface area contributed by atoms with Crippen LogP contribution in [0, 0.1) is 0 Å². The number of anilines is 1. The topological polar surface area (TPSA) is 49.3 Å². The summed E-state index contributed by atoms with van der Waals surface area (Å²) in [5.74, 6) is 1.71. The molecule has 0 saturated carbocycles. The normalized spacial score (nSPS) is 18.9. The SMILES string of the molecule is CCc1nc(Br)cc(N2CCN(C)C(=O)C2(C)C)n1. The van der Waals surface area contributed by atoms with E-state index >= 15 is 0 Å². The molecule has 2 rings (SSSR count). The molecule has 0 bridgehead atoms. The van der Waals surface area contributed by atoms with Gasteiger partial charge in [0.05, 0.1) is 0 Å². The van der Waals surface area contributed by atoms with E-state index in [1.165, 1.54) is 0 Å². The van der Waals surface area contributed by atoms with Crippen molar-refractivity contribution in [2.24, 2.45) is 0 Å². The molecule has 19 heavy (non-hydrogen) atoms. The van der Waals surface area contributed by atoms with Crippen LogP contribution in [0.25, 0.3) is 0 Å². The molecule has 1 fully saturated rings. The number of hydrogen-bond acceptors (Lipinski definition) is 4. The van der Waals surface area contributed by atoms with Crippen LogP contribution in [0.2, 0.25) is 0 Å². The zero-order chi connectivity index (χ0) is 14.2. The summed E-state index contributed by atoms with van der Waals surface area (Å²) >= 11 is 3.41. The number of carbonyl (C=O) groups excluding carboxylic acids is 1. The van der Waals surface area contributed by atoms with Gasteiger partial charge >= 0.3 is 0 Å². The summed E-state index contributed by atoms with van der Waals surface area (Å²) in [4.78, 5) is 25.0. The Labute approximate surface area is 122 Å².